The summed E-state index contributed by atoms with van der Waals surface area (Å²) in [6, 6.07) is 7.39. The van der Waals surface area contributed by atoms with Gasteiger partial charge < -0.3 is 14.5 Å². The molecule has 13 heteroatoms. The predicted molar refractivity (Wildman–Crippen MR) is 92.7 cm³/mol. The van der Waals surface area contributed by atoms with Crippen LogP contribution in [0, 0.1) is 0 Å². The first-order valence-corrected chi connectivity index (χ1v) is 9.25. The number of hydrogen-bond acceptors (Lipinski definition) is 7. The van der Waals surface area contributed by atoms with Crippen LogP contribution >= 0.6 is 23.2 Å². The molecule has 0 spiro atoms. The van der Waals surface area contributed by atoms with Gasteiger partial charge in [0.15, 0.2) is 0 Å². The van der Waals surface area contributed by atoms with Gasteiger partial charge in [0.05, 0.1) is 21.6 Å². The van der Waals surface area contributed by atoms with Crippen LogP contribution in [0.3, 0.4) is 0 Å². The number of carbonyl (C=O) groups excluding carboxylic acids is 1. The van der Waals surface area contributed by atoms with Gasteiger partial charge in [0, 0.05) is 17.1 Å². The Morgan fingerprint density at radius 1 is 1.14 bits per heavy atom. The van der Waals surface area contributed by atoms with Crippen molar-refractivity contribution in [2.75, 3.05) is 11.6 Å². The van der Waals surface area contributed by atoms with Crippen LogP contribution < -0.4 is 69.2 Å². The number of carbonyl (C=O) groups is 1. The molecule has 0 atom stereocenters. The minimum absolute atomic E-state index is 0. The van der Waals surface area contributed by atoms with Crippen LogP contribution in [0.4, 0.5) is 11.4 Å². The predicted octanol–water partition coefficient (Wildman–Crippen LogP) is -3.21. The van der Waals surface area contributed by atoms with E-state index in [1.807, 2.05) is 0 Å². The van der Waals surface area contributed by atoms with E-state index in [1.165, 1.54) is 17.1 Å². The summed E-state index contributed by atoms with van der Waals surface area (Å²) in [7, 11) is -4.82. The molecule has 0 saturated heterocycles. The summed E-state index contributed by atoms with van der Waals surface area (Å²) in [4.78, 5) is 10.7. The average Bonchev–Trinajstić information content (AvgIpc) is 2.56. The minimum Gasteiger partial charge on any atom is -0.744 e. The molecule has 2 aromatic carbocycles. The van der Waals surface area contributed by atoms with Crippen LogP contribution in [0.25, 0.3) is 0 Å². The molecule has 0 aromatic heterocycles. The van der Waals surface area contributed by atoms with E-state index in [1.54, 1.807) is 13.0 Å². The molecule has 0 radical (unpaired) electrons. The smallest absolute Gasteiger partial charge is 0.744 e. The third-order valence-electron chi connectivity index (χ3n) is 3.22. The Balaban J connectivity index is 0.00000364. The van der Waals surface area contributed by atoms with Crippen LogP contribution in [0.15, 0.2) is 51.6 Å². The van der Waals surface area contributed by atoms with Gasteiger partial charge in [0.2, 0.25) is 0 Å². The van der Waals surface area contributed by atoms with Crippen molar-refractivity contribution >= 4 is 50.7 Å². The van der Waals surface area contributed by atoms with Crippen molar-refractivity contribution in [3.63, 3.8) is 0 Å². The van der Waals surface area contributed by atoms with Gasteiger partial charge in [-0.2, -0.15) is 0 Å². The van der Waals surface area contributed by atoms with E-state index in [0.717, 1.165) is 18.2 Å². The van der Waals surface area contributed by atoms with E-state index in [9.17, 15) is 22.9 Å². The maximum atomic E-state index is 11.3. The van der Waals surface area contributed by atoms with Crippen LogP contribution in [0.5, 0.6) is 0 Å². The zero-order chi connectivity index (χ0) is 19.5. The van der Waals surface area contributed by atoms with Crippen LogP contribution in [0.1, 0.15) is 17.3 Å². The Labute approximate surface area is 216 Å². The zero-order valence-corrected chi connectivity index (χ0v) is 21.5. The molecule has 0 N–H and O–H groups in total. The second kappa shape index (κ2) is 11.8. The molecule has 0 saturated carbocycles. The van der Waals surface area contributed by atoms with E-state index >= 15 is 0 Å². The first kappa shape index (κ1) is 27.8. The van der Waals surface area contributed by atoms with Crippen molar-refractivity contribution in [2.24, 2.45) is 10.3 Å². The molecule has 0 bridgehead atoms. The second-order valence-electron chi connectivity index (χ2n) is 4.92. The summed E-state index contributed by atoms with van der Waals surface area (Å²) < 4.78 is 33.3. The number of rotatable bonds is 6. The van der Waals surface area contributed by atoms with Crippen molar-refractivity contribution in [1.29, 1.82) is 0 Å². The zero-order valence-electron chi connectivity index (χ0n) is 15.2. The molecule has 0 aliphatic carbocycles. The summed E-state index contributed by atoms with van der Waals surface area (Å²) in [5, 5.41) is 21.0. The summed E-state index contributed by atoms with van der Waals surface area (Å²) in [5.41, 5.74) is -0.207. The van der Waals surface area contributed by atoms with Crippen LogP contribution in [0.2, 0.25) is 10.0 Å². The van der Waals surface area contributed by atoms with Gasteiger partial charge in [-0.1, -0.05) is 28.4 Å². The number of nitrogens with zero attached hydrogens (tertiary/aromatic N) is 3. The van der Waals surface area contributed by atoms with Crippen molar-refractivity contribution in [3.05, 3.63) is 52.0 Å². The number of benzene rings is 2. The monoisotopic (exact) mass is 461 g/mol. The normalized spacial score (nSPS) is 10.9. The van der Waals surface area contributed by atoms with Gasteiger partial charge in [-0.3, -0.25) is 0 Å². The van der Waals surface area contributed by atoms with E-state index in [2.05, 4.69) is 10.3 Å². The number of hydrogen-bond donors (Lipinski definition) is 0. The fourth-order valence-electron chi connectivity index (χ4n) is 2.01. The number of anilines is 1. The standard InChI is InChI=1S/C15H13Cl2N3O5S.2Na/c1-2-20(19-18-13-5-3-9(16)7-12(13)17)14-6-4-10(26(23,24)25)8-11(14)15(21)22;;/h3-8H,2H2,1H3,(H,21,22)(H,23,24,25);;/q;2*+1/p-2. The number of carboxylic acids is 1. The molecule has 0 heterocycles. The topological polar surface area (TPSA) is 125 Å². The third-order valence-corrected chi connectivity index (χ3v) is 4.59. The SMILES string of the molecule is CCN(N=Nc1ccc(Cl)cc1Cl)c1ccc(S(=O)(=O)[O-])cc1C(=O)[O-].[Na+].[Na+]. The molecule has 0 aliphatic rings. The Hall–Kier alpha value is -0.200. The van der Waals surface area contributed by atoms with Gasteiger partial charge >= 0.3 is 59.1 Å². The number of aromatic carboxylic acids is 1. The van der Waals surface area contributed by atoms with Crippen molar-refractivity contribution in [1.82, 2.24) is 0 Å². The van der Waals surface area contributed by atoms with E-state index in [4.69, 9.17) is 23.2 Å². The molecular weight excluding hydrogens is 451 g/mol. The summed E-state index contributed by atoms with van der Waals surface area (Å²) in [5.74, 6) is -1.66. The van der Waals surface area contributed by atoms with Gasteiger partial charge in [-0.25, -0.2) is 13.4 Å². The second-order valence-corrected chi connectivity index (χ2v) is 7.14. The summed E-state index contributed by atoms with van der Waals surface area (Å²) in [6.45, 7) is 1.86. The van der Waals surface area contributed by atoms with Gasteiger partial charge in [-0.15, -0.1) is 5.11 Å². The fourth-order valence-corrected chi connectivity index (χ4v) is 2.95. The van der Waals surface area contributed by atoms with Crippen molar-refractivity contribution in [2.45, 2.75) is 11.8 Å². The third kappa shape index (κ3) is 7.24. The molecule has 0 fully saturated rings. The maximum Gasteiger partial charge on any atom is 1.00 e. The number of carboxylic acid groups (broad SMARTS) is 1. The Kier molecular flexibility index (Phi) is 11.8. The molecule has 0 aliphatic heterocycles. The molecule has 28 heavy (non-hydrogen) atoms. The molecule has 2 aromatic rings. The van der Waals surface area contributed by atoms with E-state index in [0.29, 0.717) is 10.7 Å². The van der Waals surface area contributed by atoms with E-state index < -0.39 is 26.5 Å². The molecule has 2 rings (SSSR count). The van der Waals surface area contributed by atoms with Gasteiger partial charge in [-0.05, 0) is 43.3 Å². The minimum atomic E-state index is -4.82. The van der Waals surface area contributed by atoms with Gasteiger partial charge in [0.1, 0.15) is 15.8 Å². The summed E-state index contributed by atoms with van der Waals surface area (Å²) in [6.07, 6.45) is 0. The first-order chi connectivity index (χ1) is 12.1. The molecule has 138 valence electrons. The van der Waals surface area contributed by atoms with Crippen LogP contribution in [-0.2, 0) is 10.1 Å². The van der Waals surface area contributed by atoms with Crippen molar-refractivity contribution in [3.8, 4) is 0 Å². The molecule has 8 nitrogen and oxygen atoms in total. The molecular formula is C15H11Cl2N3Na2O5S. The Bertz CT molecular complexity index is 990. The van der Waals surface area contributed by atoms with Gasteiger partial charge in [0.25, 0.3) is 0 Å². The summed E-state index contributed by atoms with van der Waals surface area (Å²) >= 11 is 11.8. The maximum absolute atomic E-state index is 11.3. The molecule has 0 unspecified atom stereocenters. The van der Waals surface area contributed by atoms with E-state index in [-0.39, 0.29) is 76.4 Å². The van der Waals surface area contributed by atoms with Crippen molar-refractivity contribution < 1.29 is 82.0 Å². The molecule has 0 amide bonds. The largest absolute Gasteiger partial charge is 1.00 e. The Morgan fingerprint density at radius 3 is 2.29 bits per heavy atom. The first-order valence-electron chi connectivity index (χ1n) is 7.09. The number of halogens is 2. The average molecular weight is 462 g/mol. The fraction of sp³-hybridized carbons (Fsp3) is 0.133. The van der Waals surface area contributed by atoms with Crippen LogP contribution in [-0.4, -0.2) is 25.5 Å². The quantitative estimate of drug-likeness (QED) is 0.193. The Morgan fingerprint density at radius 2 is 1.79 bits per heavy atom.